The van der Waals surface area contributed by atoms with E-state index < -0.39 is 61.8 Å². The van der Waals surface area contributed by atoms with Gasteiger partial charge in [0.15, 0.2) is 9.84 Å². The molecule has 0 spiro atoms. The molecule has 3 N–H and O–H groups in total. The van der Waals surface area contributed by atoms with E-state index in [2.05, 4.69) is 16.5 Å². The van der Waals surface area contributed by atoms with Crippen molar-refractivity contribution in [3.8, 4) is 6.07 Å². The number of aromatic nitrogens is 2. The van der Waals surface area contributed by atoms with Crippen LogP contribution in [-0.2, 0) is 20.8 Å². The SMILES string of the molecule is Cc1cc(N2C[C@H](S(=O)(=O)c3ccc(B(O)O)cc3C(F)(F)F)C[C@H]2C(=O)NC2(C#N)CC2)n(C2CCC2)n1. The first-order valence-electron chi connectivity index (χ1n) is 12.6. The number of rotatable bonds is 7. The van der Waals surface area contributed by atoms with Crippen molar-refractivity contribution < 1.29 is 36.4 Å². The van der Waals surface area contributed by atoms with Gasteiger partial charge in [-0.3, -0.25) is 4.79 Å². The third kappa shape index (κ3) is 5.01. The molecule has 1 aliphatic heterocycles. The Kier molecular flexibility index (Phi) is 6.72. The first-order chi connectivity index (χ1) is 18.3. The number of benzene rings is 1. The molecule has 208 valence electrons. The number of halogens is 3. The molecule has 0 bridgehead atoms. The Morgan fingerprint density at radius 1 is 1.26 bits per heavy atom. The van der Waals surface area contributed by atoms with Gasteiger partial charge in [-0.1, -0.05) is 6.07 Å². The molecule has 2 saturated carbocycles. The number of carbonyl (C=O) groups excluding carboxylic acids is 1. The zero-order valence-electron chi connectivity index (χ0n) is 21.0. The Labute approximate surface area is 223 Å². The van der Waals surface area contributed by atoms with Crippen LogP contribution in [0, 0.1) is 18.3 Å². The van der Waals surface area contributed by atoms with Gasteiger partial charge in [0.1, 0.15) is 17.4 Å². The van der Waals surface area contributed by atoms with E-state index in [1.165, 1.54) is 0 Å². The summed E-state index contributed by atoms with van der Waals surface area (Å²) in [5, 5.41) is 34.0. The summed E-state index contributed by atoms with van der Waals surface area (Å²) in [7, 11) is -6.87. The molecular formula is C24H27BF3N5O5S. The first-order valence-corrected chi connectivity index (χ1v) is 14.2. The Balaban J connectivity index is 1.54. The zero-order chi connectivity index (χ0) is 28.3. The third-order valence-corrected chi connectivity index (χ3v) is 9.99. The Hall–Kier alpha value is -3.09. The number of carbonyl (C=O) groups is 1. The molecule has 2 aliphatic carbocycles. The molecule has 0 radical (unpaired) electrons. The van der Waals surface area contributed by atoms with E-state index in [9.17, 15) is 41.7 Å². The van der Waals surface area contributed by atoms with Gasteiger partial charge in [-0.2, -0.15) is 23.5 Å². The molecule has 2 aromatic rings. The van der Waals surface area contributed by atoms with Crippen LogP contribution in [0.15, 0.2) is 29.2 Å². The van der Waals surface area contributed by atoms with Gasteiger partial charge < -0.3 is 20.3 Å². The van der Waals surface area contributed by atoms with Crippen LogP contribution in [0.4, 0.5) is 19.0 Å². The lowest BCUT2D eigenvalue weighted by atomic mass is 9.79. The fraction of sp³-hybridized carbons (Fsp3) is 0.542. The number of nitriles is 1. The van der Waals surface area contributed by atoms with Crippen molar-refractivity contribution >= 4 is 34.1 Å². The van der Waals surface area contributed by atoms with E-state index in [1.54, 1.807) is 22.6 Å². The lowest BCUT2D eigenvalue weighted by molar-refractivity contribution is -0.139. The van der Waals surface area contributed by atoms with E-state index in [1.807, 2.05) is 0 Å². The van der Waals surface area contributed by atoms with Gasteiger partial charge >= 0.3 is 13.3 Å². The lowest BCUT2D eigenvalue weighted by Crippen LogP contribution is -2.48. The average molecular weight is 565 g/mol. The highest BCUT2D eigenvalue weighted by molar-refractivity contribution is 7.92. The molecule has 5 rings (SSSR count). The first kappa shape index (κ1) is 27.5. The van der Waals surface area contributed by atoms with Crippen molar-refractivity contribution in [3.05, 3.63) is 35.5 Å². The van der Waals surface area contributed by atoms with Crippen LogP contribution < -0.4 is 15.7 Å². The van der Waals surface area contributed by atoms with E-state index in [4.69, 9.17) is 0 Å². The highest BCUT2D eigenvalue weighted by Crippen LogP contribution is 2.41. The highest BCUT2D eigenvalue weighted by Gasteiger charge is 2.51. The number of sulfone groups is 1. The summed E-state index contributed by atoms with van der Waals surface area (Å²) in [4.78, 5) is 14.0. The van der Waals surface area contributed by atoms with Gasteiger partial charge in [0.05, 0.1) is 33.5 Å². The maximum Gasteiger partial charge on any atom is 0.488 e. The fourth-order valence-corrected chi connectivity index (χ4v) is 7.10. The summed E-state index contributed by atoms with van der Waals surface area (Å²) >= 11 is 0. The van der Waals surface area contributed by atoms with Crippen LogP contribution in [0.3, 0.4) is 0 Å². The normalized spacial score (nSPS) is 22.7. The predicted molar refractivity (Wildman–Crippen MR) is 134 cm³/mol. The minimum atomic E-state index is -5.09. The largest absolute Gasteiger partial charge is 0.488 e. The number of anilines is 1. The minimum absolute atomic E-state index is 0.0660. The number of hydrogen-bond donors (Lipinski definition) is 3. The van der Waals surface area contributed by atoms with Crippen molar-refractivity contribution in [3.63, 3.8) is 0 Å². The van der Waals surface area contributed by atoms with Crippen molar-refractivity contribution in [1.82, 2.24) is 15.1 Å². The smallest absolute Gasteiger partial charge is 0.423 e. The number of amides is 1. The quantitative estimate of drug-likeness (QED) is 0.425. The predicted octanol–water partition coefficient (Wildman–Crippen LogP) is 1.21. The molecule has 1 aromatic heterocycles. The van der Waals surface area contributed by atoms with Gasteiger partial charge in [0, 0.05) is 12.6 Å². The van der Waals surface area contributed by atoms with Gasteiger partial charge in [-0.25, -0.2) is 13.1 Å². The van der Waals surface area contributed by atoms with Gasteiger partial charge in [-0.15, -0.1) is 0 Å². The molecule has 1 saturated heterocycles. The molecule has 3 aliphatic rings. The van der Waals surface area contributed by atoms with Crippen LogP contribution in [0.2, 0.25) is 0 Å². The van der Waals surface area contributed by atoms with Crippen molar-refractivity contribution in [2.45, 2.75) is 79.4 Å². The number of alkyl halides is 3. The molecule has 39 heavy (non-hydrogen) atoms. The number of aryl methyl sites for hydroxylation is 1. The maximum absolute atomic E-state index is 13.9. The minimum Gasteiger partial charge on any atom is -0.423 e. The molecule has 3 fully saturated rings. The van der Waals surface area contributed by atoms with E-state index >= 15 is 0 Å². The van der Waals surface area contributed by atoms with Crippen molar-refractivity contribution in [2.24, 2.45) is 0 Å². The summed E-state index contributed by atoms with van der Waals surface area (Å²) in [5.41, 5.74) is -2.38. The van der Waals surface area contributed by atoms with Crippen LogP contribution in [0.1, 0.15) is 55.8 Å². The molecule has 15 heteroatoms. The molecule has 0 unspecified atom stereocenters. The molecule has 2 atom stereocenters. The summed E-state index contributed by atoms with van der Waals surface area (Å²) in [5.74, 6) is -0.0628. The molecule has 10 nitrogen and oxygen atoms in total. The monoisotopic (exact) mass is 565 g/mol. The second-order valence-electron chi connectivity index (χ2n) is 10.6. The van der Waals surface area contributed by atoms with E-state index in [-0.39, 0.29) is 19.0 Å². The Morgan fingerprint density at radius 3 is 2.49 bits per heavy atom. The highest BCUT2D eigenvalue weighted by atomic mass is 32.2. The maximum atomic E-state index is 13.9. The lowest BCUT2D eigenvalue weighted by Gasteiger charge is -2.32. The summed E-state index contributed by atoms with van der Waals surface area (Å²) in [6.07, 6.45) is -1.76. The van der Waals surface area contributed by atoms with E-state index in [0.717, 1.165) is 31.4 Å². The van der Waals surface area contributed by atoms with Crippen LogP contribution in [-0.4, -0.2) is 64.6 Å². The number of nitrogens with one attached hydrogen (secondary N) is 1. The average Bonchev–Trinajstić information content (AvgIpc) is 3.28. The summed E-state index contributed by atoms with van der Waals surface area (Å²) < 4.78 is 71.0. The number of nitrogens with zero attached hydrogens (tertiary/aromatic N) is 4. The Morgan fingerprint density at radius 2 is 1.95 bits per heavy atom. The van der Waals surface area contributed by atoms with Crippen LogP contribution in [0.25, 0.3) is 0 Å². The van der Waals surface area contributed by atoms with Crippen LogP contribution >= 0.6 is 0 Å². The van der Waals surface area contributed by atoms with Crippen LogP contribution in [0.5, 0.6) is 0 Å². The molecule has 1 amide bonds. The summed E-state index contributed by atoms with van der Waals surface area (Å²) in [6, 6.07) is 4.86. The van der Waals surface area contributed by atoms with E-state index in [0.29, 0.717) is 30.4 Å². The van der Waals surface area contributed by atoms with Crippen molar-refractivity contribution in [2.75, 3.05) is 11.4 Å². The second-order valence-corrected chi connectivity index (χ2v) is 12.8. The van der Waals surface area contributed by atoms with Gasteiger partial charge in [-0.05, 0) is 63.0 Å². The molecule has 2 heterocycles. The fourth-order valence-electron chi connectivity index (χ4n) is 5.21. The molecule has 1 aromatic carbocycles. The topological polar surface area (TPSA) is 149 Å². The van der Waals surface area contributed by atoms with Gasteiger partial charge in [0.2, 0.25) is 5.91 Å². The molecular weight excluding hydrogens is 538 g/mol. The van der Waals surface area contributed by atoms with Crippen molar-refractivity contribution in [1.29, 1.82) is 5.26 Å². The second kappa shape index (κ2) is 9.53. The zero-order valence-corrected chi connectivity index (χ0v) is 21.8. The summed E-state index contributed by atoms with van der Waals surface area (Å²) in [6.45, 7) is 1.50. The third-order valence-electron chi connectivity index (χ3n) is 7.80. The van der Waals surface area contributed by atoms with Gasteiger partial charge in [0.25, 0.3) is 0 Å². The Bertz CT molecular complexity index is 1450. The standard InChI is InChI=1S/C24H27BF3N5O5S/c1-14-9-21(33(31-14)16-3-2-4-16)32-12-17(11-19(32)22(34)30-23(13-29)7-8-23)39(37,38)20-6-5-15(25(35)36)10-18(20)24(26,27)28/h5-6,9-10,16-17,19,35-36H,2-4,7-8,11-12H2,1H3,(H,30,34)/t17-,19+/m1/s1. The number of hydrogen-bond acceptors (Lipinski definition) is 8.